The van der Waals surface area contributed by atoms with Gasteiger partial charge < -0.3 is 5.32 Å². The third-order valence-corrected chi connectivity index (χ3v) is 6.64. The van der Waals surface area contributed by atoms with Crippen LogP contribution in [-0.4, -0.2) is 20.7 Å². The molecule has 168 valence electrons. The highest BCUT2D eigenvalue weighted by atomic mass is 35.5. The molecular weight excluding hydrogens is 452 g/mol. The molecule has 1 heterocycles. The van der Waals surface area contributed by atoms with Crippen LogP contribution < -0.4 is 5.32 Å². The van der Waals surface area contributed by atoms with Crippen LogP contribution in [0.5, 0.6) is 0 Å². The zero-order valence-electron chi connectivity index (χ0n) is 18.7. The van der Waals surface area contributed by atoms with E-state index in [9.17, 15) is 4.79 Å². The molecule has 1 atom stereocenters. The molecule has 0 fully saturated rings. The SMILES string of the molecule is Cc1ccccc1C(=O)NC(C)c1nnc(SCc2ccccc2)n1-c1cc(Cl)ccc1C. The molecule has 0 aliphatic carbocycles. The monoisotopic (exact) mass is 476 g/mol. The van der Waals surface area contributed by atoms with Crippen molar-refractivity contribution < 1.29 is 4.79 Å². The van der Waals surface area contributed by atoms with Gasteiger partial charge in [0, 0.05) is 16.3 Å². The molecule has 0 saturated carbocycles. The summed E-state index contributed by atoms with van der Waals surface area (Å²) < 4.78 is 2.00. The maximum absolute atomic E-state index is 12.9. The van der Waals surface area contributed by atoms with Crippen molar-refractivity contribution >= 4 is 29.3 Å². The Morgan fingerprint density at radius 2 is 1.73 bits per heavy atom. The topological polar surface area (TPSA) is 59.8 Å². The third-order valence-electron chi connectivity index (χ3n) is 5.41. The Balaban J connectivity index is 1.68. The average Bonchev–Trinajstić information content (AvgIpc) is 3.24. The summed E-state index contributed by atoms with van der Waals surface area (Å²) in [6, 6.07) is 23.1. The molecule has 3 aromatic carbocycles. The van der Waals surface area contributed by atoms with E-state index in [4.69, 9.17) is 11.6 Å². The van der Waals surface area contributed by atoms with Gasteiger partial charge in [-0.25, -0.2) is 0 Å². The van der Waals surface area contributed by atoms with Gasteiger partial charge in [0.05, 0.1) is 11.7 Å². The molecule has 1 unspecified atom stereocenters. The van der Waals surface area contributed by atoms with Gasteiger partial charge in [-0.15, -0.1) is 10.2 Å². The fraction of sp³-hybridized carbons (Fsp3) is 0.192. The molecule has 0 bridgehead atoms. The molecule has 33 heavy (non-hydrogen) atoms. The van der Waals surface area contributed by atoms with E-state index in [1.807, 2.05) is 86.0 Å². The number of benzene rings is 3. The number of rotatable bonds is 7. The van der Waals surface area contributed by atoms with Gasteiger partial charge in [-0.2, -0.15) is 0 Å². The van der Waals surface area contributed by atoms with E-state index in [1.165, 1.54) is 5.56 Å². The van der Waals surface area contributed by atoms with Gasteiger partial charge in [-0.05, 0) is 55.7 Å². The number of carbonyl (C=O) groups is 1. The van der Waals surface area contributed by atoms with E-state index < -0.39 is 0 Å². The Bertz CT molecular complexity index is 1270. The number of carbonyl (C=O) groups excluding carboxylic acids is 1. The van der Waals surface area contributed by atoms with Crippen LogP contribution in [0.15, 0.2) is 78.0 Å². The number of hydrogen-bond acceptors (Lipinski definition) is 4. The lowest BCUT2D eigenvalue weighted by atomic mass is 10.1. The first-order valence-corrected chi connectivity index (χ1v) is 12.1. The quantitative estimate of drug-likeness (QED) is 0.317. The first-order valence-electron chi connectivity index (χ1n) is 10.7. The second-order valence-electron chi connectivity index (χ2n) is 7.89. The molecule has 7 heteroatoms. The maximum atomic E-state index is 12.9. The molecule has 1 amide bonds. The Kier molecular flexibility index (Phi) is 7.16. The van der Waals surface area contributed by atoms with Gasteiger partial charge in [0.15, 0.2) is 11.0 Å². The summed E-state index contributed by atoms with van der Waals surface area (Å²) >= 11 is 7.94. The molecule has 4 rings (SSSR count). The van der Waals surface area contributed by atoms with E-state index in [2.05, 4.69) is 27.6 Å². The van der Waals surface area contributed by atoms with Crippen LogP contribution in [0.4, 0.5) is 0 Å². The summed E-state index contributed by atoms with van der Waals surface area (Å²) in [5.74, 6) is 1.26. The van der Waals surface area contributed by atoms with Gasteiger partial charge in [0.2, 0.25) is 0 Å². The molecule has 0 radical (unpaired) electrons. The minimum atomic E-state index is -0.367. The van der Waals surface area contributed by atoms with Gasteiger partial charge in [0.25, 0.3) is 5.91 Å². The number of amides is 1. The Morgan fingerprint density at radius 3 is 2.48 bits per heavy atom. The molecule has 0 spiro atoms. The van der Waals surface area contributed by atoms with Crippen molar-refractivity contribution in [3.63, 3.8) is 0 Å². The third kappa shape index (κ3) is 5.29. The Labute approximate surface area is 203 Å². The van der Waals surface area contributed by atoms with Crippen molar-refractivity contribution in [2.45, 2.75) is 37.7 Å². The largest absolute Gasteiger partial charge is 0.342 e. The van der Waals surface area contributed by atoms with Crippen molar-refractivity contribution in [2.75, 3.05) is 0 Å². The van der Waals surface area contributed by atoms with Gasteiger partial charge in [-0.3, -0.25) is 9.36 Å². The number of nitrogens with zero attached hydrogens (tertiary/aromatic N) is 3. The predicted octanol–water partition coefficient (Wildman–Crippen LogP) is 6.32. The van der Waals surface area contributed by atoms with Crippen LogP contribution in [-0.2, 0) is 5.75 Å². The number of thioether (sulfide) groups is 1. The highest BCUT2D eigenvalue weighted by Gasteiger charge is 2.23. The minimum Gasteiger partial charge on any atom is -0.342 e. The smallest absolute Gasteiger partial charge is 0.252 e. The summed E-state index contributed by atoms with van der Waals surface area (Å²) in [6.07, 6.45) is 0. The highest BCUT2D eigenvalue weighted by molar-refractivity contribution is 7.98. The number of halogens is 1. The van der Waals surface area contributed by atoms with Crippen LogP contribution in [0.1, 0.15) is 45.8 Å². The minimum absolute atomic E-state index is 0.142. The van der Waals surface area contributed by atoms with Crippen molar-refractivity contribution in [3.05, 3.63) is 106 Å². The van der Waals surface area contributed by atoms with Crippen LogP contribution in [0.3, 0.4) is 0 Å². The van der Waals surface area contributed by atoms with Crippen LogP contribution in [0.2, 0.25) is 5.02 Å². The molecular formula is C26H25ClN4OS. The molecule has 0 saturated heterocycles. The maximum Gasteiger partial charge on any atom is 0.252 e. The number of aromatic nitrogens is 3. The molecule has 1 aromatic heterocycles. The van der Waals surface area contributed by atoms with Gasteiger partial charge >= 0.3 is 0 Å². The molecule has 0 aliphatic heterocycles. The van der Waals surface area contributed by atoms with E-state index in [-0.39, 0.29) is 11.9 Å². The van der Waals surface area contributed by atoms with Gasteiger partial charge in [-0.1, -0.05) is 78.0 Å². The summed E-state index contributed by atoms with van der Waals surface area (Å²) in [5, 5.41) is 13.4. The number of aryl methyl sites for hydroxylation is 2. The summed E-state index contributed by atoms with van der Waals surface area (Å²) in [6.45, 7) is 5.87. The Morgan fingerprint density at radius 1 is 1.00 bits per heavy atom. The van der Waals surface area contributed by atoms with E-state index >= 15 is 0 Å². The average molecular weight is 477 g/mol. The van der Waals surface area contributed by atoms with Crippen LogP contribution in [0, 0.1) is 13.8 Å². The normalized spacial score (nSPS) is 11.9. The second kappa shape index (κ2) is 10.2. The van der Waals surface area contributed by atoms with Crippen molar-refractivity contribution in [1.82, 2.24) is 20.1 Å². The van der Waals surface area contributed by atoms with E-state index in [0.717, 1.165) is 27.7 Å². The van der Waals surface area contributed by atoms with Crippen molar-refractivity contribution in [2.24, 2.45) is 0 Å². The molecule has 4 aromatic rings. The highest BCUT2D eigenvalue weighted by Crippen LogP contribution is 2.30. The molecule has 1 N–H and O–H groups in total. The lowest BCUT2D eigenvalue weighted by Gasteiger charge is -2.18. The first-order chi connectivity index (χ1) is 15.9. The van der Waals surface area contributed by atoms with Crippen molar-refractivity contribution in [1.29, 1.82) is 0 Å². The Hall–Kier alpha value is -3.09. The number of nitrogens with one attached hydrogen (secondary N) is 1. The predicted molar refractivity (Wildman–Crippen MR) is 134 cm³/mol. The molecule has 5 nitrogen and oxygen atoms in total. The van der Waals surface area contributed by atoms with Crippen molar-refractivity contribution in [3.8, 4) is 5.69 Å². The zero-order valence-corrected chi connectivity index (χ0v) is 20.3. The lowest BCUT2D eigenvalue weighted by Crippen LogP contribution is -2.29. The lowest BCUT2D eigenvalue weighted by molar-refractivity contribution is 0.0937. The first kappa shape index (κ1) is 23.1. The summed E-state index contributed by atoms with van der Waals surface area (Å²) in [5.41, 5.74) is 4.71. The van der Waals surface area contributed by atoms with Crippen LogP contribution in [0.25, 0.3) is 5.69 Å². The van der Waals surface area contributed by atoms with E-state index in [0.29, 0.717) is 16.4 Å². The van der Waals surface area contributed by atoms with Gasteiger partial charge in [0.1, 0.15) is 0 Å². The summed E-state index contributed by atoms with van der Waals surface area (Å²) in [7, 11) is 0. The molecule has 0 aliphatic rings. The fourth-order valence-electron chi connectivity index (χ4n) is 3.59. The standard InChI is InChI=1S/C26H25ClN4OS/c1-17-9-7-8-12-22(17)25(32)28-19(3)24-29-30-26(33-16-20-10-5-4-6-11-20)31(24)23-15-21(27)14-13-18(23)2/h4-15,19H,16H2,1-3H3,(H,28,32). The summed E-state index contributed by atoms with van der Waals surface area (Å²) in [4.78, 5) is 12.9. The zero-order chi connectivity index (χ0) is 23.4. The van der Waals surface area contributed by atoms with Crippen LogP contribution >= 0.6 is 23.4 Å². The number of hydrogen-bond donors (Lipinski definition) is 1. The fourth-order valence-corrected chi connectivity index (χ4v) is 4.67. The van der Waals surface area contributed by atoms with E-state index in [1.54, 1.807) is 11.8 Å². The second-order valence-corrected chi connectivity index (χ2v) is 9.27.